The number of hydrogen-bond donors (Lipinski definition) is 2. The maximum Gasteiger partial charge on any atom is 0.123 e. The summed E-state index contributed by atoms with van der Waals surface area (Å²) in [4.78, 5) is 0. The van der Waals surface area contributed by atoms with Gasteiger partial charge < -0.3 is 0 Å². The van der Waals surface area contributed by atoms with Crippen molar-refractivity contribution in [1.82, 2.24) is 5.43 Å². The molecule has 0 aliphatic rings. The van der Waals surface area contributed by atoms with Crippen molar-refractivity contribution in [2.24, 2.45) is 5.84 Å². The summed E-state index contributed by atoms with van der Waals surface area (Å²) in [7, 11) is 0. The Hall–Kier alpha value is -1.71. The predicted octanol–water partition coefficient (Wildman–Crippen LogP) is 3.61. The van der Waals surface area contributed by atoms with Crippen LogP contribution in [0.15, 0.2) is 30.3 Å². The first-order valence-electron chi connectivity index (χ1n) is 6.74. The van der Waals surface area contributed by atoms with Crippen LogP contribution in [0, 0.1) is 33.5 Å². The normalized spacial score (nSPS) is 12.5. The van der Waals surface area contributed by atoms with Crippen LogP contribution in [0.2, 0.25) is 0 Å². The van der Waals surface area contributed by atoms with Gasteiger partial charge in [0, 0.05) is 0 Å². The maximum absolute atomic E-state index is 13.3. The van der Waals surface area contributed by atoms with Crippen LogP contribution in [0.1, 0.15) is 39.4 Å². The van der Waals surface area contributed by atoms with E-state index in [-0.39, 0.29) is 11.9 Å². The van der Waals surface area contributed by atoms with Crippen molar-refractivity contribution < 1.29 is 4.39 Å². The molecule has 106 valence electrons. The molecule has 1 unspecified atom stereocenters. The molecule has 0 radical (unpaired) electrons. The van der Waals surface area contributed by atoms with Crippen molar-refractivity contribution in [2.45, 2.75) is 33.7 Å². The van der Waals surface area contributed by atoms with Gasteiger partial charge in [0.15, 0.2) is 0 Å². The largest absolute Gasteiger partial charge is 0.271 e. The van der Waals surface area contributed by atoms with Crippen molar-refractivity contribution >= 4 is 0 Å². The third-order valence-electron chi connectivity index (χ3n) is 3.90. The summed E-state index contributed by atoms with van der Waals surface area (Å²) in [6, 6.07) is 8.99. The number of rotatable bonds is 3. The molecule has 2 rings (SSSR count). The molecule has 0 saturated carbocycles. The zero-order valence-electron chi connectivity index (χ0n) is 12.4. The van der Waals surface area contributed by atoms with Crippen LogP contribution in [-0.4, -0.2) is 0 Å². The molecule has 0 spiro atoms. The van der Waals surface area contributed by atoms with E-state index in [4.69, 9.17) is 5.84 Å². The highest BCUT2D eigenvalue weighted by atomic mass is 19.1. The van der Waals surface area contributed by atoms with Crippen molar-refractivity contribution in [3.05, 3.63) is 69.5 Å². The second-order valence-electron chi connectivity index (χ2n) is 5.39. The number of nitrogens with one attached hydrogen (secondary N) is 1. The third kappa shape index (κ3) is 2.74. The SMILES string of the molecule is Cc1cc(C)c(C(NN)c2ccc(F)cc2C)cc1C. The molecule has 2 aromatic carbocycles. The fraction of sp³-hybridized carbons (Fsp3) is 0.294. The Balaban J connectivity index is 2.55. The zero-order valence-corrected chi connectivity index (χ0v) is 12.4. The molecule has 0 aromatic heterocycles. The van der Waals surface area contributed by atoms with Gasteiger partial charge in [-0.3, -0.25) is 5.84 Å². The lowest BCUT2D eigenvalue weighted by atomic mass is 9.90. The standard InChI is InChI=1S/C17H21FN2/c1-10-7-12(3)16(9-11(10)2)17(20-19)15-6-5-14(18)8-13(15)4/h5-9,17,20H,19H2,1-4H3. The molecule has 0 aliphatic heterocycles. The van der Waals surface area contributed by atoms with Crippen LogP contribution in [0.3, 0.4) is 0 Å². The number of hydrazine groups is 1. The minimum absolute atomic E-state index is 0.130. The van der Waals surface area contributed by atoms with E-state index >= 15 is 0 Å². The summed E-state index contributed by atoms with van der Waals surface area (Å²) >= 11 is 0. The van der Waals surface area contributed by atoms with Crippen molar-refractivity contribution in [3.8, 4) is 0 Å². The van der Waals surface area contributed by atoms with Crippen LogP contribution >= 0.6 is 0 Å². The number of hydrogen-bond acceptors (Lipinski definition) is 2. The fourth-order valence-electron chi connectivity index (χ4n) is 2.60. The second-order valence-corrected chi connectivity index (χ2v) is 5.39. The lowest BCUT2D eigenvalue weighted by Gasteiger charge is -2.22. The quantitative estimate of drug-likeness (QED) is 0.661. The first kappa shape index (κ1) is 14.7. The highest BCUT2D eigenvalue weighted by Gasteiger charge is 2.17. The summed E-state index contributed by atoms with van der Waals surface area (Å²) in [5.74, 6) is 5.53. The van der Waals surface area contributed by atoms with Gasteiger partial charge in [-0.15, -0.1) is 0 Å². The van der Waals surface area contributed by atoms with Gasteiger partial charge in [-0.25, -0.2) is 9.82 Å². The van der Waals surface area contributed by atoms with E-state index in [0.717, 1.165) is 16.7 Å². The van der Waals surface area contributed by atoms with Gasteiger partial charge in [0.1, 0.15) is 5.82 Å². The molecule has 2 aromatic rings. The highest BCUT2D eigenvalue weighted by molar-refractivity contribution is 5.44. The Labute approximate surface area is 119 Å². The van der Waals surface area contributed by atoms with E-state index in [9.17, 15) is 4.39 Å². The monoisotopic (exact) mass is 272 g/mol. The van der Waals surface area contributed by atoms with Crippen molar-refractivity contribution in [2.75, 3.05) is 0 Å². The molecular formula is C17H21FN2. The topological polar surface area (TPSA) is 38.0 Å². The van der Waals surface area contributed by atoms with E-state index in [1.165, 1.54) is 28.8 Å². The molecule has 0 fully saturated rings. The molecule has 0 aliphatic carbocycles. The van der Waals surface area contributed by atoms with Crippen LogP contribution in [0.5, 0.6) is 0 Å². The Kier molecular flexibility index (Phi) is 4.21. The average Bonchev–Trinajstić information content (AvgIpc) is 2.38. The number of nitrogens with two attached hydrogens (primary N) is 1. The number of aryl methyl sites for hydroxylation is 4. The van der Waals surface area contributed by atoms with Crippen molar-refractivity contribution in [1.29, 1.82) is 0 Å². The molecule has 0 heterocycles. The second kappa shape index (κ2) is 5.73. The van der Waals surface area contributed by atoms with E-state index in [2.05, 4.69) is 38.3 Å². The Morgan fingerprint density at radius 1 is 0.850 bits per heavy atom. The summed E-state index contributed by atoms with van der Waals surface area (Å²) in [6.07, 6.45) is 0. The van der Waals surface area contributed by atoms with E-state index in [1.54, 1.807) is 6.07 Å². The lowest BCUT2D eigenvalue weighted by Crippen LogP contribution is -2.30. The Morgan fingerprint density at radius 2 is 1.45 bits per heavy atom. The minimum Gasteiger partial charge on any atom is -0.271 e. The summed E-state index contributed by atoms with van der Waals surface area (Å²) in [6.45, 7) is 8.16. The molecule has 0 amide bonds. The smallest absolute Gasteiger partial charge is 0.123 e. The molecule has 2 nitrogen and oxygen atoms in total. The first-order valence-corrected chi connectivity index (χ1v) is 6.74. The van der Waals surface area contributed by atoms with Crippen LogP contribution in [0.25, 0.3) is 0 Å². The molecule has 20 heavy (non-hydrogen) atoms. The lowest BCUT2D eigenvalue weighted by molar-refractivity contribution is 0.610. The van der Waals surface area contributed by atoms with Gasteiger partial charge in [0.25, 0.3) is 0 Å². The summed E-state index contributed by atoms with van der Waals surface area (Å²) in [5.41, 5.74) is 9.55. The summed E-state index contributed by atoms with van der Waals surface area (Å²) in [5, 5.41) is 0. The molecule has 1 atom stereocenters. The van der Waals surface area contributed by atoms with Gasteiger partial charge in [0.05, 0.1) is 6.04 Å². The highest BCUT2D eigenvalue weighted by Crippen LogP contribution is 2.29. The Bertz CT molecular complexity index is 635. The number of benzene rings is 2. The van der Waals surface area contributed by atoms with E-state index < -0.39 is 0 Å². The van der Waals surface area contributed by atoms with Gasteiger partial charge in [-0.1, -0.05) is 18.2 Å². The molecule has 0 bridgehead atoms. The van der Waals surface area contributed by atoms with E-state index in [0.29, 0.717) is 0 Å². The maximum atomic E-state index is 13.3. The van der Waals surface area contributed by atoms with Gasteiger partial charge in [-0.2, -0.15) is 0 Å². The summed E-state index contributed by atoms with van der Waals surface area (Å²) < 4.78 is 13.3. The van der Waals surface area contributed by atoms with Crippen LogP contribution in [-0.2, 0) is 0 Å². The Morgan fingerprint density at radius 3 is 2.05 bits per heavy atom. The zero-order chi connectivity index (χ0) is 14.9. The number of halogens is 1. The van der Waals surface area contributed by atoms with Crippen LogP contribution in [0.4, 0.5) is 4.39 Å². The molecule has 3 N–H and O–H groups in total. The first-order chi connectivity index (χ1) is 9.43. The van der Waals surface area contributed by atoms with E-state index in [1.807, 2.05) is 6.92 Å². The molecular weight excluding hydrogens is 251 g/mol. The molecule has 0 saturated heterocycles. The predicted molar refractivity (Wildman–Crippen MR) is 81.0 cm³/mol. The van der Waals surface area contributed by atoms with Crippen LogP contribution < -0.4 is 11.3 Å². The average molecular weight is 272 g/mol. The minimum atomic E-state index is -0.223. The van der Waals surface area contributed by atoms with Gasteiger partial charge >= 0.3 is 0 Å². The van der Waals surface area contributed by atoms with Gasteiger partial charge in [0.2, 0.25) is 0 Å². The fourth-order valence-corrected chi connectivity index (χ4v) is 2.60. The van der Waals surface area contributed by atoms with Gasteiger partial charge in [-0.05, 0) is 73.2 Å². The third-order valence-corrected chi connectivity index (χ3v) is 3.90. The van der Waals surface area contributed by atoms with Crippen molar-refractivity contribution in [3.63, 3.8) is 0 Å². The molecule has 3 heteroatoms.